The lowest BCUT2D eigenvalue weighted by Crippen LogP contribution is -2.24. The summed E-state index contributed by atoms with van der Waals surface area (Å²) in [6.45, 7) is 8.81. The van der Waals surface area contributed by atoms with Crippen LogP contribution in [0.1, 0.15) is 27.2 Å². The van der Waals surface area contributed by atoms with Gasteiger partial charge in [-0.3, -0.25) is 0 Å². The van der Waals surface area contributed by atoms with Gasteiger partial charge >= 0.3 is 0 Å². The molecule has 0 aliphatic heterocycles. The zero-order chi connectivity index (χ0) is 9.11. The number of nitrogens with zero attached hydrogens (tertiary/aromatic N) is 1. The van der Waals surface area contributed by atoms with Crippen LogP contribution in [0.5, 0.6) is 0 Å². The summed E-state index contributed by atoms with van der Waals surface area (Å²) >= 11 is 0. The van der Waals surface area contributed by atoms with E-state index in [0.717, 1.165) is 13.1 Å². The second-order valence-corrected chi connectivity index (χ2v) is 2.17. The van der Waals surface area contributed by atoms with Gasteiger partial charge in [0, 0.05) is 6.54 Å². The normalized spacial score (nSPS) is 9.27. The van der Waals surface area contributed by atoms with Crippen molar-refractivity contribution in [1.82, 2.24) is 4.90 Å². The maximum atomic E-state index is 4.85. The zero-order valence-corrected chi connectivity index (χ0v) is 8.26. The van der Waals surface area contributed by atoms with Gasteiger partial charge in [0.25, 0.3) is 0 Å². The first-order valence-corrected chi connectivity index (χ1v) is 4.31. The maximum absolute atomic E-state index is 4.85. The van der Waals surface area contributed by atoms with Crippen LogP contribution in [0.2, 0.25) is 0 Å². The van der Waals surface area contributed by atoms with E-state index in [0.29, 0.717) is 6.61 Å². The van der Waals surface area contributed by atoms with Crippen LogP contribution in [-0.4, -0.2) is 31.6 Å². The lowest BCUT2D eigenvalue weighted by Gasteiger charge is -2.13. The average Bonchev–Trinajstić information content (AvgIpc) is 2.05. The van der Waals surface area contributed by atoms with Crippen LogP contribution in [0.4, 0.5) is 0 Å². The second-order valence-electron chi connectivity index (χ2n) is 2.17. The van der Waals surface area contributed by atoms with E-state index in [1.165, 1.54) is 6.42 Å². The fraction of sp³-hybridized carbons (Fsp3) is 1.00. The molecule has 3 nitrogen and oxygen atoms in total. The first-order chi connectivity index (χ1) is 5.31. The van der Waals surface area contributed by atoms with Crippen LogP contribution >= 0.6 is 0 Å². The van der Waals surface area contributed by atoms with Gasteiger partial charge in [-0.25, -0.2) is 5.90 Å². The number of likely N-dealkylation sites (N-methyl/N-ethyl adjacent to an activating group) is 1. The topological polar surface area (TPSA) is 38.5 Å². The molecule has 0 aromatic carbocycles. The molecule has 0 aliphatic rings. The van der Waals surface area contributed by atoms with Gasteiger partial charge in [0.1, 0.15) is 0 Å². The van der Waals surface area contributed by atoms with Crippen LogP contribution in [0.3, 0.4) is 0 Å². The molecule has 70 valence electrons. The second kappa shape index (κ2) is 12.5. The zero-order valence-electron chi connectivity index (χ0n) is 8.26. The Labute approximate surface area is 70.5 Å². The van der Waals surface area contributed by atoms with Crippen molar-refractivity contribution >= 4 is 0 Å². The average molecular weight is 162 g/mol. The smallest absolute Gasteiger partial charge is 0.0806 e. The minimum absolute atomic E-state index is 0.622. The van der Waals surface area contributed by atoms with E-state index in [1.54, 1.807) is 0 Å². The van der Waals surface area contributed by atoms with Crippen molar-refractivity contribution in [3.63, 3.8) is 0 Å². The highest BCUT2D eigenvalue weighted by Gasteiger charge is 1.93. The molecule has 0 aliphatic carbocycles. The van der Waals surface area contributed by atoms with E-state index >= 15 is 0 Å². The van der Waals surface area contributed by atoms with E-state index < -0.39 is 0 Å². The third kappa shape index (κ3) is 13.0. The van der Waals surface area contributed by atoms with E-state index in [-0.39, 0.29) is 0 Å². The molecular weight excluding hydrogens is 140 g/mol. The van der Waals surface area contributed by atoms with Crippen LogP contribution in [0.25, 0.3) is 0 Å². The van der Waals surface area contributed by atoms with Gasteiger partial charge in [-0.1, -0.05) is 20.8 Å². The van der Waals surface area contributed by atoms with E-state index in [9.17, 15) is 0 Å². The van der Waals surface area contributed by atoms with Gasteiger partial charge in [0.05, 0.1) is 6.61 Å². The van der Waals surface area contributed by atoms with Crippen molar-refractivity contribution < 1.29 is 4.84 Å². The minimum atomic E-state index is 0.622. The van der Waals surface area contributed by atoms with Gasteiger partial charge in [-0.05, 0) is 20.0 Å². The van der Waals surface area contributed by atoms with E-state index in [4.69, 9.17) is 5.90 Å². The SMILES string of the molecule is CC.CCCN(C)CCON. The van der Waals surface area contributed by atoms with Crippen LogP contribution in [-0.2, 0) is 4.84 Å². The van der Waals surface area contributed by atoms with Gasteiger partial charge in [-0.2, -0.15) is 0 Å². The Bertz CT molecular complexity index is 60.1. The summed E-state index contributed by atoms with van der Waals surface area (Å²) in [5.74, 6) is 4.85. The summed E-state index contributed by atoms with van der Waals surface area (Å²) in [6, 6.07) is 0. The minimum Gasteiger partial charge on any atom is -0.304 e. The van der Waals surface area contributed by atoms with Crippen LogP contribution in [0.15, 0.2) is 0 Å². The van der Waals surface area contributed by atoms with Crippen molar-refractivity contribution in [2.24, 2.45) is 5.90 Å². The molecule has 0 fully saturated rings. The largest absolute Gasteiger partial charge is 0.304 e. The Kier molecular flexibility index (Phi) is 15.4. The van der Waals surface area contributed by atoms with Crippen LogP contribution < -0.4 is 5.90 Å². The highest BCUT2D eigenvalue weighted by Crippen LogP contribution is 1.83. The predicted octanol–water partition coefficient (Wildman–Crippen LogP) is 1.24. The molecule has 0 radical (unpaired) electrons. The lowest BCUT2D eigenvalue weighted by atomic mass is 10.4. The molecule has 0 saturated heterocycles. The summed E-state index contributed by atoms with van der Waals surface area (Å²) in [7, 11) is 2.06. The van der Waals surface area contributed by atoms with Gasteiger partial charge in [0.15, 0.2) is 0 Å². The molecular formula is C8H22N2O. The van der Waals surface area contributed by atoms with Gasteiger partial charge in [0.2, 0.25) is 0 Å². The highest BCUT2D eigenvalue weighted by molar-refractivity contribution is 4.46. The Morgan fingerprint density at radius 2 is 1.82 bits per heavy atom. The molecule has 0 heterocycles. The fourth-order valence-corrected chi connectivity index (χ4v) is 0.702. The fourth-order valence-electron chi connectivity index (χ4n) is 0.702. The Morgan fingerprint density at radius 1 is 1.27 bits per heavy atom. The van der Waals surface area contributed by atoms with Crippen molar-refractivity contribution in [3.05, 3.63) is 0 Å². The highest BCUT2D eigenvalue weighted by atomic mass is 16.6. The molecule has 0 aromatic heterocycles. The first kappa shape index (κ1) is 13.5. The summed E-state index contributed by atoms with van der Waals surface area (Å²) < 4.78 is 0. The summed E-state index contributed by atoms with van der Waals surface area (Å²) in [5.41, 5.74) is 0. The molecule has 0 bridgehead atoms. The van der Waals surface area contributed by atoms with E-state index in [1.807, 2.05) is 13.8 Å². The first-order valence-electron chi connectivity index (χ1n) is 4.31. The monoisotopic (exact) mass is 162 g/mol. The Morgan fingerprint density at radius 3 is 2.18 bits per heavy atom. The number of nitrogens with two attached hydrogens (primary N) is 1. The number of hydrogen-bond donors (Lipinski definition) is 1. The van der Waals surface area contributed by atoms with Crippen molar-refractivity contribution in [3.8, 4) is 0 Å². The number of rotatable bonds is 5. The predicted molar refractivity (Wildman–Crippen MR) is 49.3 cm³/mol. The number of hydrogen-bond acceptors (Lipinski definition) is 3. The standard InChI is InChI=1S/C6H16N2O.C2H6/c1-3-4-8(2)5-6-9-7;1-2/h3-7H2,1-2H3;1-2H3. The molecule has 11 heavy (non-hydrogen) atoms. The van der Waals surface area contributed by atoms with E-state index in [2.05, 4.69) is 23.7 Å². The Balaban J connectivity index is 0. The van der Waals surface area contributed by atoms with Crippen LogP contribution in [0, 0.1) is 0 Å². The maximum Gasteiger partial charge on any atom is 0.0806 e. The molecule has 0 aromatic rings. The third-order valence-corrected chi connectivity index (χ3v) is 1.20. The molecule has 0 spiro atoms. The van der Waals surface area contributed by atoms with Crippen molar-refractivity contribution in [1.29, 1.82) is 0 Å². The molecule has 2 N–H and O–H groups in total. The quantitative estimate of drug-likeness (QED) is 0.618. The summed E-state index contributed by atoms with van der Waals surface area (Å²) in [5, 5.41) is 0. The molecule has 0 atom stereocenters. The third-order valence-electron chi connectivity index (χ3n) is 1.20. The van der Waals surface area contributed by atoms with Gasteiger partial charge in [-0.15, -0.1) is 0 Å². The summed E-state index contributed by atoms with van der Waals surface area (Å²) in [6.07, 6.45) is 1.18. The van der Waals surface area contributed by atoms with Crippen molar-refractivity contribution in [2.75, 3.05) is 26.7 Å². The molecule has 0 amide bonds. The molecule has 0 saturated carbocycles. The van der Waals surface area contributed by atoms with Gasteiger partial charge < -0.3 is 9.74 Å². The lowest BCUT2D eigenvalue weighted by molar-refractivity contribution is 0.114. The molecule has 0 rings (SSSR count). The molecule has 3 heteroatoms. The summed E-state index contributed by atoms with van der Waals surface area (Å²) in [4.78, 5) is 6.60. The Hall–Kier alpha value is -0.120. The molecule has 0 unspecified atom stereocenters. The van der Waals surface area contributed by atoms with Crippen molar-refractivity contribution in [2.45, 2.75) is 27.2 Å².